The van der Waals surface area contributed by atoms with Crippen molar-refractivity contribution in [2.45, 2.75) is 18.9 Å². The maximum absolute atomic E-state index is 13.6. The molecule has 1 saturated heterocycles. The molecule has 0 unspecified atom stereocenters. The second-order valence-electron chi connectivity index (χ2n) is 6.87. The first-order chi connectivity index (χ1) is 13.8. The molecule has 2 N–H and O–H groups in total. The molecule has 0 saturated carbocycles. The standard InChI is InChI=1S/C21H22FN3O4/c1-21(15-7-9-16(29-2)10-8-15)19(27)25(20(28)24-21)13-18(26)23-12-11-14-5-3-4-6-17(14)22/h3-10H,11-13H2,1-2H3,(H,23,26)(H,24,28)/t21-/m0/s1. The molecule has 0 aliphatic carbocycles. The highest BCUT2D eigenvalue weighted by atomic mass is 19.1. The Balaban J connectivity index is 1.60. The normalized spacial score (nSPS) is 18.5. The molecular weight excluding hydrogens is 377 g/mol. The molecule has 4 amide bonds. The Kier molecular flexibility index (Phi) is 5.81. The molecule has 1 aliphatic heterocycles. The molecule has 152 valence electrons. The van der Waals surface area contributed by atoms with Gasteiger partial charge in [-0.15, -0.1) is 0 Å². The van der Waals surface area contributed by atoms with Crippen LogP contribution < -0.4 is 15.4 Å². The van der Waals surface area contributed by atoms with Gasteiger partial charge in [0.1, 0.15) is 23.7 Å². The van der Waals surface area contributed by atoms with Crippen LogP contribution in [0.3, 0.4) is 0 Å². The van der Waals surface area contributed by atoms with E-state index in [-0.39, 0.29) is 12.4 Å². The first kappa shape index (κ1) is 20.3. The average molecular weight is 399 g/mol. The highest BCUT2D eigenvalue weighted by Gasteiger charge is 2.49. The molecule has 0 radical (unpaired) electrons. The Morgan fingerprint density at radius 2 is 1.86 bits per heavy atom. The van der Waals surface area contributed by atoms with Crippen molar-refractivity contribution in [3.8, 4) is 5.75 Å². The Bertz CT molecular complexity index is 932. The number of imide groups is 1. The van der Waals surface area contributed by atoms with Crippen molar-refractivity contribution in [1.29, 1.82) is 0 Å². The van der Waals surface area contributed by atoms with E-state index in [1.807, 2.05) is 0 Å². The lowest BCUT2D eigenvalue weighted by Gasteiger charge is -2.22. The summed E-state index contributed by atoms with van der Waals surface area (Å²) in [6.07, 6.45) is 0.308. The highest BCUT2D eigenvalue weighted by Crippen LogP contribution is 2.29. The molecule has 7 nitrogen and oxygen atoms in total. The first-order valence-corrected chi connectivity index (χ1v) is 9.14. The minimum atomic E-state index is -1.27. The highest BCUT2D eigenvalue weighted by molar-refractivity contribution is 6.09. The monoisotopic (exact) mass is 399 g/mol. The average Bonchev–Trinajstić information content (AvgIpc) is 2.93. The lowest BCUT2D eigenvalue weighted by Crippen LogP contribution is -2.43. The maximum Gasteiger partial charge on any atom is 0.325 e. The molecule has 1 aliphatic rings. The zero-order chi connectivity index (χ0) is 21.0. The van der Waals surface area contributed by atoms with E-state index in [0.29, 0.717) is 23.3 Å². The van der Waals surface area contributed by atoms with Crippen molar-refractivity contribution in [2.75, 3.05) is 20.2 Å². The number of nitrogens with zero attached hydrogens (tertiary/aromatic N) is 1. The molecule has 3 rings (SSSR count). The summed E-state index contributed by atoms with van der Waals surface area (Å²) >= 11 is 0. The van der Waals surface area contributed by atoms with Crippen molar-refractivity contribution in [1.82, 2.24) is 15.5 Å². The fourth-order valence-electron chi connectivity index (χ4n) is 3.20. The summed E-state index contributed by atoms with van der Waals surface area (Å²) in [6.45, 7) is 1.37. The van der Waals surface area contributed by atoms with Crippen molar-refractivity contribution >= 4 is 17.8 Å². The molecule has 2 aromatic rings. The third kappa shape index (κ3) is 4.21. The molecule has 1 heterocycles. The van der Waals surface area contributed by atoms with Crippen LogP contribution in [0.25, 0.3) is 0 Å². The van der Waals surface area contributed by atoms with Crippen LogP contribution in [-0.2, 0) is 21.5 Å². The minimum absolute atomic E-state index is 0.194. The van der Waals surface area contributed by atoms with E-state index in [4.69, 9.17) is 4.74 Å². The molecule has 0 spiro atoms. The van der Waals surface area contributed by atoms with Crippen molar-refractivity contribution in [3.63, 3.8) is 0 Å². The van der Waals surface area contributed by atoms with Gasteiger partial charge in [0.25, 0.3) is 5.91 Å². The van der Waals surface area contributed by atoms with E-state index < -0.39 is 29.9 Å². The number of nitrogens with one attached hydrogen (secondary N) is 2. The van der Waals surface area contributed by atoms with E-state index in [1.54, 1.807) is 49.4 Å². The third-order valence-corrected chi connectivity index (χ3v) is 4.92. The number of carbonyl (C=O) groups excluding carboxylic acids is 3. The lowest BCUT2D eigenvalue weighted by atomic mass is 9.92. The Hall–Kier alpha value is -3.42. The number of ether oxygens (including phenoxy) is 1. The molecule has 0 bridgehead atoms. The van der Waals surface area contributed by atoms with Crippen LogP contribution in [0.2, 0.25) is 0 Å². The summed E-state index contributed by atoms with van der Waals surface area (Å²) < 4.78 is 18.7. The van der Waals surface area contributed by atoms with Crippen LogP contribution in [0.15, 0.2) is 48.5 Å². The molecule has 1 fully saturated rings. The van der Waals surface area contributed by atoms with Crippen molar-refractivity contribution in [3.05, 3.63) is 65.5 Å². The zero-order valence-corrected chi connectivity index (χ0v) is 16.2. The third-order valence-electron chi connectivity index (χ3n) is 4.92. The summed E-state index contributed by atoms with van der Waals surface area (Å²) in [5, 5.41) is 5.26. The van der Waals surface area contributed by atoms with Gasteiger partial charge in [0, 0.05) is 6.54 Å². The maximum atomic E-state index is 13.6. The second-order valence-corrected chi connectivity index (χ2v) is 6.87. The van der Waals surface area contributed by atoms with Crippen LogP contribution in [0.1, 0.15) is 18.1 Å². The van der Waals surface area contributed by atoms with Gasteiger partial charge in [-0.25, -0.2) is 9.18 Å². The predicted molar refractivity (Wildman–Crippen MR) is 104 cm³/mol. The van der Waals surface area contributed by atoms with Gasteiger partial charge in [0.2, 0.25) is 5.91 Å². The number of benzene rings is 2. The predicted octanol–water partition coefficient (Wildman–Crippen LogP) is 1.96. The molecule has 0 aromatic heterocycles. The van der Waals surface area contributed by atoms with Gasteiger partial charge >= 0.3 is 6.03 Å². The zero-order valence-electron chi connectivity index (χ0n) is 16.2. The molecule has 29 heavy (non-hydrogen) atoms. The number of hydrogen-bond donors (Lipinski definition) is 2. The van der Waals surface area contributed by atoms with Crippen molar-refractivity contribution in [2.24, 2.45) is 0 Å². The number of carbonyl (C=O) groups is 3. The van der Waals surface area contributed by atoms with Gasteiger partial charge in [-0.05, 0) is 42.7 Å². The number of urea groups is 1. The molecule has 8 heteroatoms. The topological polar surface area (TPSA) is 87.7 Å². The number of halogens is 1. The quantitative estimate of drug-likeness (QED) is 0.697. The summed E-state index contributed by atoms with van der Waals surface area (Å²) in [7, 11) is 1.53. The summed E-state index contributed by atoms with van der Waals surface area (Å²) in [5.41, 5.74) is -0.203. The number of methoxy groups -OCH3 is 1. The minimum Gasteiger partial charge on any atom is -0.497 e. The van der Waals surface area contributed by atoms with Gasteiger partial charge < -0.3 is 15.4 Å². The van der Waals surface area contributed by atoms with E-state index in [2.05, 4.69) is 10.6 Å². The smallest absolute Gasteiger partial charge is 0.325 e. The largest absolute Gasteiger partial charge is 0.497 e. The fraction of sp³-hybridized carbons (Fsp3) is 0.286. The van der Waals surface area contributed by atoms with Crippen LogP contribution in [0, 0.1) is 5.82 Å². The van der Waals surface area contributed by atoms with Gasteiger partial charge in [0.15, 0.2) is 0 Å². The van der Waals surface area contributed by atoms with E-state index in [0.717, 1.165) is 4.90 Å². The fourth-order valence-corrected chi connectivity index (χ4v) is 3.20. The second kappa shape index (κ2) is 8.30. The van der Waals surface area contributed by atoms with Crippen molar-refractivity contribution < 1.29 is 23.5 Å². The molecule has 1 atom stereocenters. The van der Waals surface area contributed by atoms with E-state index in [9.17, 15) is 18.8 Å². The number of hydrogen-bond acceptors (Lipinski definition) is 4. The first-order valence-electron chi connectivity index (χ1n) is 9.14. The Labute approximate surface area is 167 Å². The summed E-state index contributed by atoms with van der Waals surface area (Å²) in [5.74, 6) is -0.730. The summed E-state index contributed by atoms with van der Waals surface area (Å²) in [4.78, 5) is 38.2. The molecule has 2 aromatic carbocycles. The van der Waals surface area contributed by atoms with Gasteiger partial charge in [-0.1, -0.05) is 30.3 Å². The Morgan fingerprint density at radius 1 is 1.17 bits per heavy atom. The van der Waals surface area contributed by atoms with Crippen LogP contribution >= 0.6 is 0 Å². The molecular formula is C21H22FN3O4. The van der Waals surface area contributed by atoms with Crippen LogP contribution in [-0.4, -0.2) is 42.9 Å². The van der Waals surface area contributed by atoms with Crippen LogP contribution in [0.4, 0.5) is 9.18 Å². The van der Waals surface area contributed by atoms with Gasteiger partial charge in [-0.3, -0.25) is 14.5 Å². The SMILES string of the molecule is COc1ccc([C@]2(C)NC(=O)N(CC(=O)NCCc3ccccc3F)C2=O)cc1. The van der Waals surface area contributed by atoms with E-state index in [1.165, 1.54) is 13.2 Å². The van der Waals surface area contributed by atoms with Crippen LogP contribution in [0.5, 0.6) is 5.75 Å². The summed E-state index contributed by atoms with van der Waals surface area (Å²) in [6, 6.07) is 12.4. The Morgan fingerprint density at radius 3 is 2.52 bits per heavy atom. The number of amides is 4. The number of rotatable bonds is 7. The van der Waals surface area contributed by atoms with Gasteiger partial charge in [0.05, 0.1) is 7.11 Å². The lowest BCUT2D eigenvalue weighted by molar-refractivity contribution is -0.134. The van der Waals surface area contributed by atoms with E-state index >= 15 is 0 Å². The van der Waals surface area contributed by atoms with Gasteiger partial charge in [-0.2, -0.15) is 0 Å².